The molecule has 0 aliphatic heterocycles. The van der Waals surface area contributed by atoms with Gasteiger partial charge in [-0.15, -0.1) is 0 Å². The summed E-state index contributed by atoms with van der Waals surface area (Å²) in [5.41, 5.74) is 6.76. The number of methoxy groups -OCH3 is 1. The molecule has 0 radical (unpaired) electrons. The third-order valence-corrected chi connectivity index (χ3v) is 5.48. The minimum atomic E-state index is -4.43. The van der Waals surface area contributed by atoms with Gasteiger partial charge in [0.1, 0.15) is 5.75 Å². The van der Waals surface area contributed by atoms with Gasteiger partial charge in [-0.2, -0.15) is 8.42 Å². The maximum atomic E-state index is 12.4. The van der Waals surface area contributed by atoms with Crippen molar-refractivity contribution in [1.29, 1.82) is 0 Å². The van der Waals surface area contributed by atoms with Crippen LogP contribution in [0.25, 0.3) is 0 Å². The summed E-state index contributed by atoms with van der Waals surface area (Å²) in [6.45, 7) is 1.68. The Morgan fingerprint density at radius 1 is 1.04 bits per heavy atom. The van der Waals surface area contributed by atoms with Crippen molar-refractivity contribution in [2.24, 2.45) is 0 Å². The highest BCUT2D eigenvalue weighted by Crippen LogP contribution is 2.30. The first kappa shape index (κ1) is 18.0. The Bertz CT molecular complexity index is 984. The van der Waals surface area contributed by atoms with Crippen molar-refractivity contribution in [2.75, 3.05) is 17.6 Å². The molecule has 2 rings (SSSR count). The van der Waals surface area contributed by atoms with Gasteiger partial charge in [0.2, 0.25) is 0 Å². The molecule has 10 heteroatoms. The Morgan fingerprint density at radius 2 is 1.67 bits per heavy atom. The van der Waals surface area contributed by atoms with E-state index in [1.165, 1.54) is 31.4 Å². The Labute approximate surface area is 140 Å². The lowest BCUT2D eigenvalue weighted by Gasteiger charge is -2.13. The number of nitrogens with two attached hydrogens (primary N) is 1. The molecule has 130 valence electrons. The monoisotopic (exact) mass is 372 g/mol. The lowest BCUT2D eigenvalue weighted by Crippen LogP contribution is -2.14. The van der Waals surface area contributed by atoms with Gasteiger partial charge in [0.05, 0.1) is 22.6 Å². The quantitative estimate of drug-likeness (QED) is 0.536. The van der Waals surface area contributed by atoms with E-state index in [0.29, 0.717) is 11.3 Å². The average Bonchev–Trinajstić information content (AvgIpc) is 2.48. The maximum Gasteiger partial charge on any atom is 0.294 e. The van der Waals surface area contributed by atoms with Crippen LogP contribution < -0.4 is 15.2 Å². The Morgan fingerprint density at radius 3 is 2.21 bits per heavy atom. The van der Waals surface area contributed by atoms with E-state index < -0.39 is 25.0 Å². The number of nitrogens with one attached hydrogen (secondary N) is 1. The summed E-state index contributed by atoms with van der Waals surface area (Å²) in [5.74, 6) is -0.0548. The number of benzene rings is 2. The molecule has 4 N–H and O–H groups in total. The Balaban J connectivity index is 2.44. The predicted molar refractivity (Wildman–Crippen MR) is 89.2 cm³/mol. The molecule has 0 aliphatic rings. The van der Waals surface area contributed by atoms with E-state index in [2.05, 4.69) is 4.72 Å². The molecule has 0 heterocycles. The van der Waals surface area contributed by atoms with Crippen LogP contribution in [0.3, 0.4) is 0 Å². The van der Waals surface area contributed by atoms with E-state index in [-0.39, 0.29) is 16.3 Å². The molecule has 0 amide bonds. The Hall–Kier alpha value is -2.30. The third kappa shape index (κ3) is 3.78. The first-order valence-corrected chi connectivity index (χ1v) is 9.51. The van der Waals surface area contributed by atoms with Crippen LogP contribution in [-0.4, -0.2) is 28.5 Å². The molecule has 0 bridgehead atoms. The fourth-order valence-electron chi connectivity index (χ4n) is 1.94. The largest absolute Gasteiger partial charge is 0.495 e. The second-order valence-corrected chi connectivity index (χ2v) is 8.06. The number of hydrogen-bond donors (Lipinski definition) is 3. The number of anilines is 2. The van der Waals surface area contributed by atoms with Crippen molar-refractivity contribution < 1.29 is 26.1 Å². The van der Waals surface area contributed by atoms with Crippen molar-refractivity contribution in [3.05, 3.63) is 42.0 Å². The zero-order valence-corrected chi connectivity index (χ0v) is 14.5. The summed E-state index contributed by atoms with van der Waals surface area (Å²) in [5, 5.41) is 0. The van der Waals surface area contributed by atoms with Gasteiger partial charge in [-0.25, -0.2) is 8.42 Å². The van der Waals surface area contributed by atoms with E-state index in [1.807, 2.05) is 0 Å². The standard InChI is InChI=1S/C14H16N2O6S2/c1-9-7-10(3-5-12(9)15)23(17,18)16-13-6-4-11(24(19,20)21)8-14(13)22-2/h3-8,16H,15H2,1-2H3,(H,19,20,21). The number of rotatable bonds is 5. The number of nitrogen functional groups attached to an aromatic ring is 1. The van der Waals surface area contributed by atoms with Crippen molar-refractivity contribution >= 4 is 31.5 Å². The molecule has 0 spiro atoms. The average molecular weight is 372 g/mol. The van der Waals surface area contributed by atoms with E-state index >= 15 is 0 Å². The van der Waals surface area contributed by atoms with Gasteiger partial charge in [-0.1, -0.05) is 0 Å². The molecule has 24 heavy (non-hydrogen) atoms. The predicted octanol–water partition coefficient (Wildman–Crippen LogP) is 1.63. The fraction of sp³-hybridized carbons (Fsp3) is 0.143. The summed E-state index contributed by atoms with van der Waals surface area (Å²) in [4.78, 5) is -0.416. The highest BCUT2D eigenvalue weighted by atomic mass is 32.2. The molecule has 2 aromatic rings. The van der Waals surface area contributed by atoms with E-state index in [9.17, 15) is 16.8 Å². The second-order valence-electron chi connectivity index (χ2n) is 4.96. The fourth-order valence-corrected chi connectivity index (χ4v) is 3.59. The number of sulfonamides is 1. The summed E-state index contributed by atoms with van der Waals surface area (Å²) in [6.07, 6.45) is 0. The highest BCUT2D eigenvalue weighted by molar-refractivity contribution is 7.92. The molecule has 0 saturated carbocycles. The third-order valence-electron chi connectivity index (χ3n) is 3.27. The lowest BCUT2D eigenvalue weighted by molar-refractivity contribution is 0.414. The summed E-state index contributed by atoms with van der Waals surface area (Å²) >= 11 is 0. The molecule has 0 aromatic heterocycles. The zero-order chi connectivity index (χ0) is 18.1. The molecule has 2 aromatic carbocycles. The van der Waals surface area contributed by atoms with Gasteiger partial charge >= 0.3 is 0 Å². The second kappa shape index (κ2) is 6.30. The van der Waals surface area contributed by atoms with Gasteiger partial charge in [0.25, 0.3) is 20.1 Å². The first-order chi connectivity index (χ1) is 11.0. The molecule has 0 saturated heterocycles. The van der Waals surface area contributed by atoms with Crippen LogP contribution in [0.1, 0.15) is 5.56 Å². The van der Waals surface area contributed by atoms with Crippen LogP contribution >= 0.6 is 0 Å². The van der Waals surface area contributed by atoms with E-state index in [4.69, 9.17) is 15.0 Å². The molecule has 0 unspecified atom stereocenters. The van der Waals surface area contributed by atoms with E-state index in [0.717, 1.165) is 12.1 Å². The van der Waals surface area contributed by atoms with Crippen molar-refractivity contribution in [1.82, 2.24) is 0 Å². The van der Waals surface area contributed by atoms with Crippen LogP contribution in [0.2, 0.25) is 0 Å². The van der Waals surface area contributed by atoms with Gasteiger partial charge in [0.15, 0.2) is 0 Å². The lowest BCUT2D eigenvalue weighted by atomic mass is 10.2. The van der Waals surface area contributed by atoms with Crippen molar-refractivity contribution in [2.45, 2.75) is 16.7 Å². The first-order valence-electron chi connectivity index (χ1n) is 6.59. The summed E-state index contributed by atoms with van der Waals surface area (Å²) in [7, 11) is -7.12. The van der Waals surface area contributed by atoms with Gasteiger partial charge in [-0.05, 0) is 42.8 Å². The molecule has 0 atom stereocenters. The zero-order valence-electron chi connectivity index (χ0n) is 12.8. The van der Waals surface area contributed by atoms with Crippen LogP contribution in [0.4, 0.5) is 11.4 Å². The SMILES string of the molecule is COc1cc(S(=O)(=O)O)ccc1NS(=O)(=O)c1ccc(N)c(C)c1. The minimum Gasteiger partial charge on any atom is -0.495 e. The van der Waals surface area contributed by atoms with Gasteiger partial charge in [0, 0.05) is 11.8 Å². The molecular weight excluding hydrogens is 356 g/mol. The normalized spacial score (nSPS) is 12.0. The van der Waals surface area contributed by atoms with Crippen LogP contribution in [0.5, 0.6) is 5.75 Å². The highest BCUT2D eigenvalue weighted by Gasteiger charge is 2.19. The van der Waals surface area contributed by atoms with Crippen LogP contribution in [0.15, 0.2) is 46.2 Å². The smallest absolute Gasteiger partial charge is 0.294 e. The van der Waals surface area contributed by atoms with Crippen LogP contribution in [0, 0.1) is 6.92 Å². The number of hydrogen-bond acceptors (Lipinski definition) is 6. The van der Waals surface area contributed by atoms with E-state index in [1.54, 1.807) is 6.92 Å². The Kier molecular flexibility index (Phi) is 4.74. The molecule has 8 nitrogen and oxygen atoms in total. The maximum absolute atomic E-state index is 12.4. The summed E-state index contributed by atoms with van der Waals surface area (Å²) < 4.78 is 63.5. The molecule has 0 fully saturated rings. The van der Waals surface area contributed by atoms with Gasteiger partial charge < -0.3 is 10.5 Å². The van der Waals surface area contributed by atoms with Crippen molar-refractivity contribution in [3.63, 3.8) is 0 Å². The van der Waals surface area contributed by atoms with Crippen LogP contribution in [-0.2, 0) is 20.1 Å². The van der Waals surface area contributed by atoms with Crippen molar-refractivity contribution in [3.8, 4) is 5.75 Å². The minimum absolute atomic E-state index is 0.00453. The topological polar surface area (TPSA) is 136 Å². The number of aryl methyl sites for hydroxylation is 1. The molecular formula is C14H16N2O6S2. The number of ether oxygens (including phenoxy) is 1. The summed E-state index contributed by atoms with van der Waals surface area (Å²) in [6, 6.07) is 7.50. The van der Waals surface area contributed by atoms with Gasteiger partial charge in [-0.3, -0.25) is 9.27 Å². The molecule has 0 aliphatic carbocycles.